The van der Waals surface area contributed by atoms with Crippen LogP contribution in [-0.2, 0) is 17.6 Å². The van der Waals surface area contributed by atoms with Crippen molar-refractivity contribution in [3.63, 3.8) is 0 Å². The Balaban J connectivity index is 1.19. The normalized spacial score (nSPS) is 17.3. The fraction of sp³-hybridized carbons (Fsp3) is 0.351. The van der Waals surface area contributed by atoms with Gasteiger partial charge in [-0.1, -0.05) is 87.4 Å². The lowest BCUT2D eigenvalue weighted by Crippen LogP contribution is -2.42. The minimum absolute atomic E-state index is 0.172. The molecule has 1 aliphatic carbocycles. The molecule has 1 fully saturated rings. The van der Waals surface area contributed by atoms with Gasteiger partial charge in [0.15, 0.2) is 5.82 Å². The number of benzene rings is 3. The molecule has 1 amide bonds. The molecule has 0 aliphatic heterocycles. The third-order valence-corrected chi connectivity index (χ3v) is 8.80. The van der Waals surface area contributed by atoms with Gasteiger partial charge in [0.25, 0.3) is 5.91 Å². The van der Waals surface area contributed by atoms with E-state index < -0.39 is 17.9 Å². The molecule has 43 heavy (non-hydrogen) atoms. The molecule has 1 saturated carbocycles. The number of nitrogens with zero attached hydrogens (tertiary/aromatic N) is 2. The molecule has 5 rings (SSSR count). The van der Waals surface area contributed by atoms with E-state index in [1.165, 1.54) is 37.7 Å². The van der Waals surface area contributed by atoms with E-state index in [4.69, 9.17) is 0 Å². The highest BCUT2D eigenvalue weighted by Crippen LogP contribution is 2.37. The van der Waals surface area contributed by atoms with Gasteiger partial charge in [-0.05, 0) is 78.3 Å². The van der Waals surface area contributed by atoms with Gasteiger partial charge < -0.3 is 10.4 Å². The van der Waals surface area contributed by atoms with Crippen molar-refractivity contribution in [2.45, 2.75) is 77.2 Å². The molecule has 0 unspecified atom stereocenters. The lowest BCUT2D eigenvalue weighted by molar-refractivity contribution is -0.139. The summed E-state index contributed by atoms with van der Waals surface area (Å²) < 4.78 is 0. The van der Waals surface area contributed by atoms with E-state index in [-0.39, 0.29) is 6.42 Å². The summed E-state index contributed by atoms with van der Waals surface area (Å²) in [7, 11) is 0. The maximum Gasteiger partial charge on any atom is 0.326 e. The molecule has 0 radical (unpaired) electrons. The Morgan fingerprint density at radius 2 is 1.40 bits per heavy atom. The van der Waals surface area contributed by atoms with Crippen LogP contribution in [0.2, 0.25) is 0 Å². The van der Waals surface area contributed by atoms with Crippen molar-refractivity contribution in [3.05, 3.63) is 107 Å². The van der Waals surface area contributed by atoms with Crippen molar-refractivity contribution >= 4 is 11.9 Å². The van der Waals surface area contributed by atoms with Gasteiger partial charge in [-0.3, -0.25) is 4.79 Å². The van der Waals surface area contributed by atoms with Gasteiger partial charge >= 0.3 is 5.97 Å². The van der Waals surface area contributed by atoms with Gasteiger partial charge in [0, 0.05) is 35.5 Å². The second-order valence-corrected chi connectivity index (χ2v) is 11.8. The molecule has 2 N–H and O–H groups in total. The third kappa shape index (κ3) is 7.75. The van der Waals surface area contributed by atoms with Crippen molar-refractivity contribution < 1.29 is 14.7 Å². The first kappa shape index (κ1) is 30.1. The Labute approximate surface area is 254 Å². The molecule has 1 atom stereocenters. The number of aryl methyl sites for hydroxylation is 1. The number of carboxylic acids is 1. The van der Waals surface area contributed by atoms with E-state index in [0.717, 1.165) is 46.6 Å². The molecule has 0 spiro atoms. The summed E-state index contributed by atoms with van der Waals surface area (Å²) in [5, 5.41) is 12.4. The summed E-state index contributed by atoms with van der Waals surface area (Å²) >= 11 is 0. The van der Waals surface area contributed by atoms with E-state index >= 15 is 0 Å². The lowest BCUT2D eigenvalue weighted by Gasteiger charge is -2.28. The zero-order valence-corrected chi connectivity index (χ0v) is 25.1. The van der Waals surface area contributed by atoms with E-state index in [1.54, 1.807) is 12.1 Å². The fourth-order valence-electron chi connectivity index (χ4n) is 6.06. The highest BCUT2D eigenvalue weighted by atomic mass is 16.4. The molecule has 222 valence electrons. The van der Waals surface area contributed by atoms with E-state index in [2.05, 4.69) is 53.4 Å². The molecule has 4 aromatic rings. The quantitative estimate of drug-likeness (QED) is 0.190. The van der Waals surface area contributed by atoms with Gasteiger partial charge in [0.1, 0.15) is 6.04 Å². The summed E-state index contributed by atoms with van der Waals surface area (Å²) in [6, 6.07) is 22.6. The van der Waals surface area contributed by atoms with E-state index in [9.17, 15) is 14.7 Å². The highest BCUT2D eigenvalue weighted by molar-refractivity contribution is 5.96. The topological polar surface area (TPSA) is 92.2 Å². The van der Waals surface area contributed by atoms with Gasteiger partial charge in [-0.15, -0.1) is 0 Å². The van der Waals surface area contributed by atoms with Crippen LogP contribution in [0.1, 0.15) is 85.3 Å². The van der Waals surface area contributed by atoms with Crippen LogP contribution in [0.25, 0.3) is 22.5 Å². The number of amides is 1. The monoisotopic (exact) mass is 575 g/mol. The molecule has 1 aliphatic rings. The van der Waals surface area contributed by atoms with Crippen LogP contribution in [-0.4, -0.2) is 33.0 Å². The lowest BCUT2D eigenvalue weighted by atomic mass is 9.78. The first-order valence-electron chi connectivity index (χ1n) is 15.6. The summed E-state index contributed by atoms with van der Waals surface area (Å²) in [4.78, 5) is 33.8. The summed E-state index contributed by atoms with van der Waals surface area (Å²) in [6.45, 7) is 4.41. The zero-order chi connectivity index (χ0) is 30.2. The molecule has 0 saturated heterocycles. The van der Waals surface area contributed by atoms with Gasteiger partial charge in [-0.2, -0.15) is 0 Å². The van der Waals surface area contributed by atoms with Crippen molar-refractivity contribution in [2.75, 3.05) is 0 Å². The number of hydrogen-bond acceptors (Lipinski definition) is 4. The molecule has 1 heterocycles. The largest absolute Gasteiger partial charge is 0.480 e. The first-order chi connectivity index (χ1) is 20.9. The van der Waals surface area contributed by atoms with Crippen molar-refractivity contribution in [3.8, 4) is 22.5 Å². The summed E-state index contributed by atoms with van der Waals surface area (Å²) in [5.74, 6) is 0.707. The van der Waals surface area contributed by atoms with E-state index in [1.807, 2.05) is 48.8 Å². The smallest absolute Gasteiger partial charge is 0.326 e. The second kappa shape index (κ2) is 14.2. The van der Waals surface area contributed by atoms with E-state index in [0.29, 0.717) is 17.3 Å². The zero-order valence-electron chi connectivity index (χ0n) is 25.1. The standard InChI is InChI=1S/C37H41N3O3/c1-3-5-26-8-16-32(17-9-26)36(41)40-34(37(42)43)22-27-10-14-31(15-11-27)35-38-23-33(24-39-35)30-20-18-29(19-21-30)28-12-6-25(4-2)7-13-28/h8-11,14-21,23-25,28,34H,3-7,12-13,22H2,1-2H3,(H,40,41)(H,42,43)/t25-,28-,34-/m0/s1. The average molecular weight is 576 g/mol. The summed E-state index contributed by atoms with van der Waals surface area (Å²) in [5.41, 5.74) is 6.76. The first-order valence-corrected chi connectivity index (χ1v) is 15.6. The maximum absolute atomic E-state index is 12.7. The number of carbonyl (C=O) groups is 2. The van der Waals surface area contributed by atoms with Crippen LogP contribution in [0, 0.1) is 5.92 Å². The SMILES string of the molecule is CCCc1ccc(C(=O)N[C@@H](Cc2ccc(-c3ncc(-c4ccc([C@H]5CC[C@H](CC)CC5)cc4)cn3)cc2)C(=O)O)cc1. The van der Waals surface area contributed by atoms with Gasteiger partial charge in [0.2, 0.25) is 0 Å². The molecule has 6 heteroatoms. The average Bonchev–Trinajstić information content (AvgIpc) is 3.05. The number of carbonyl (C=O) groups excluding carboxylic acids is 1. The van der Waals surface area contributed by atoms with Crippen molar-refractivity contribution in [1.82, 2.24) is 15.3 Å². The molecule has 6 nitrogen and oxygen atoms in total. The predicted molar refractivity (Wildman–Crippen MR) is 171 cm³/mol. The van der Waals surface area contributed by atoms with Crippen LogP contribution in [0.3, 0.4) is 0 Å². The highest BCUT2D eigenvalue weighted by Gasteiger charge is 2.22. The van der Waals surface area contributed by atoms with Crippen LogP contribution in [0.5, 0.6) is 0 Å². The van der Waals surface area contributed by atoms with Crippen molar-refractivity contribution in [1.29, 1.82) is 0 Å². The number of aromatic nitrogens is 2. The third-order valence-electron chi connectivity index (χ3n) is 8.80. The van der Waals surface area contributed by atoms with Gasteiger partial charge in [-0.25, -0.2) is 14.8 Å². The van der Waals surface area contributed by atoms with Crippen molar-refractivity contribution in [2.24, 2.45) is 5.92 Å². The maximum atomic E-state index is 12.7. The van der Waals surface area contributed by atoms with Crippen LogP contribution < -0.4 is 5.32 Å². The number of rotatable bonds is 11. The minimum Gasteiger partial charge on any atom is -0.480 e. The van der Waals surface area contributed by atoms with Crippen LogP contribution in [0.4, 0.5) is 0 Å². The fourth-order valence-corrected chi connectivity index (χ4v) is 6.06. The van der Waals surface area contributed by atoms with Gasteiger partial charge in [0.05, 0.1) is 0 Å². The Morgan fingerprint density at radius 3 is 1.98 bits per heavy atom. The second-order valence-electron chi connectivity index (χ2n) is 11.8. The number of hydrogen-bond donors (Lipinski definition) is 2. The molecule has 0 bridgehead atoms. The Kier molecular flexibility index (Phi) is 9.98. The molecular formula is C37H41N3O3. The number of carboxylic acid groups (broad SMARTS) is 1. The molecule has 1 aromatic heterocycles. The Hall–Kier alpha value is -4.32. The Bertz CT molecular complexity index is 1490. The predicted octanol–water partition coefficient (Wildman–Crippen LogP) is 7.87. The number of nitrogens with one attached hydrogen (secondary N) is 1. The number of aliphatic carboxylic acids is 1. The van der Waals surface area contributed by atoms with Crippen LogP contribution in [0.15, 0.2) is 85.2 Å². The minimum atomic E-state index is -1.07. The Morgan fingerprint density at radius 1 is 0.791 bits per heavy atom. The molecular weight excluding hydrogens is 534 g/mol. The van der Waals surface area contributed by atoms with Crippen LogP contribution >= 0.6 is 0 Å². The summed E-state index contributed by atoms with van der Waals surface area (Å²) in [6.07, 6.45) is 12.4. The molecule has 3 aromatic carbocycles.